The van der Waals surface area contributed by atoms with Crippen LogP contribution in [0.1, 0.15) is 5.56 Å². The smallest absolute Gasteiger partial charge is 0.261 e. The van der Waals surface area contributed by atoms with Crippen molar-refractivity contribution in [1.82, 2.24) is 39.6 Å². The molecule has 4 heterocycles. The summed E-state index contributed by atoms with van der Waals surface area (Å²) in [6.45, 7) is 0.437. The van der Waals surface area contributed by atoms with Gasteiger partial charge in [-0.05, 0) is 5.56 Å². The molecule has 27 heavy (non-hydrogen) atoms. The van der Waals surface area contributed by atoms with E-state index >= 15 is 0 Å². The summed E-state index contributed by atoms with van der Waals surface area (Å²) in [5.41, 5.74) is 3.12. The number of hydrogen-bond donors (Lipinski definition) is 1. The minimum absolute atomic E-state index is 0.0281. The SMILES string of the molecule is O=[N+]([O-])c1cnn(Cc2ccc(-c3nc4c5cn[nH]c5ncn4n3)cc2)c1. The van der Waals surface area contributed by atoms with Gasteiger partial charge in [-0.2, -0.15) is 10.2 Å². The number of nitrogens with one attached hydrogen (secondary N) is 1. The van der Waals surface area contributed by atoms with Crippen molar-refractivity contribution in [1.29, 1.82) is 0 Å². The van der Waals surface area contributed by atoms with Crippen LogP contribution >= 0.6 is 0 Å². The molecule has 11 heteroatoms. The van der Waals surface area contributed by atoms with Crippen LogP contribution in [0.25, 0.3) is 28.1 Å². The van der Waals surface area contributed by atoms with Crippen molar-refractivity contribution >= 4 is 22.4 Å². The van der Waals surface area contributed by atoms with Gasteiger partial charge in [-0.3, -0.25) is 19.9 Å². The van der Waals surface area contributed by atoms with Crippen molar-refractivity contribution in [3.8, 4) is 11.4 Å². The second-order valence-electron chi connectivity index (χ2n) is 5.93. The molecule has 4 aromatic heterocycles. The fraction of sp³-hybridized carbons (Fsp3) is 0.0625. The Labute approximate surface area is 150 Å². The number of H-pyrrole nitrogens is 1. The number of rotatable bonds is 4. The molecule has 5 rings (SSSR count). The van der Waals surface area contributed by atoms with E-state index in [-0.39, 0.29) is 5.69 Å². The molecule has 132 valence electrons. The highest BCUT2D eigenvalue weighted by Crippen LogP contribution is 2.20. The van der Waals surface area contributed by atoms with Gasteiger partial charge in [0.15, 0.2) is 17.1 Å². The Morgan fingerprint density at radius 3 is 2.81 bits per heavy atom. The van der Waals surface area contributed by atoms with Crippen LogP contribution in [0.3, 0.4) is 0 Å². The minimum Gasteiger partial charge on any atom is -0.261 e. The van der Waals surface area contributed by atoms with Gasteiger partial charge in [0, 0.05) is 5.56 Å². The van der Waals surface area contributed by atoms with E-state index in [0.29, 0.717) is 23.7 Å². The Morgan fingerprint density at radius 1 is 1.19 bits per heavy atom. The first-order valence-electron chi connectivity index (χ1n) is 7.98. The molecule has 0 aliphatic heterocycles. The van der Waals surface area contributed by atoms with E-state index < -0.39 is 4.92 Å². The van der Waals surface area contributed by atoms with Crippen LogP contribution in [0.4, 0.5) is 5.69 Å². The molecular weight excluding hydrogens is 350 g/mol. The molecule has 0 atom stereocenters. The maximum atomic E-state index is 10.7. The van der Waals surface area contributed by atoms with Crippen LogP contribution in [0.5, 0.6) is 0 Å². The molecule has 0 saturated heterocycles. The molecule has 0 bridgehead atoms. The van der Waals surface area contributed by atoms with Crippen molar-refractivity contribution in [3.63, 3.8) is 0 Å². The Hall–Kier alpha value is -4.15. The molecule has 0 saturated carbocycles. The summed E-state index contributed by atoms with van der Waals surface area (Å²) in [6.07, 6.45) is 5.90. The Morgan fingerprint density at radius 2 is 2.04 bits per heavy atom. The lowest BCUT2D eigenvalue weighted by atomic mass is 10.1. The largest absolute Gasteiger partial charge is 0.307 e. The van der Waals surface area contributed by atoms with Gasteiger partial charge in [0.25, 0.3) is 0 Å². The third kappa shape index (κ3) is 2.57. The summed E-state index contributed by atoms with van der Waals surface area (Å²) >= 11 is 0. The van der Waals surface area contributed by atoms with Gasteiger partial charge in [-0.1, -0.05) is 24.3 Å². The van der Waals surface area contributed by atoms with Gasteiger partial charge in [0.1, 0.15) is 18.7 Å². The molecule has 5 aromatic rings. The predicted molar refractivity (Wildman–Crippen MR) is 93.9 cm³/mol. The van der Waals surface area contributed by atoms with Crippen LogP contribution in [0, 0.1) is 10.1 Å². The van der Waals surface area contributed by atoms with Crippen molar-refractivity contribution < 1.29 is 4.92 Å². The monoisotopic (exact) mass is 361 g/mol. The molecule has 0 aliphatic rings. The van der Waals surface area contributed by atoms with Crippen LogP contribution < -0.4 is 0 Å². The van der Waals surface area contributed by atoms with Crippen molar-refractivity contribution in [2.45, 2.75) is 6.54 Å². The average molecular weight is 361 g/mol. The highest BCUT2D eigenvalue weighted by atomic mass is 16.6. The topological polar surface area (TPSA) is 133 Å². The Kier molecular flexibility index (Phi) is 3.19. The second-order valence-corrected chi connectivity index (χ2v) is 5.93. The lowest BCUT2D eigenvalue weighted by Crippen LogP contribution is -1.99. The first-order valence-corrected chi connectivity index (χ1v) is 7.98. The number of nitrogens with zero attached hydrogens (tertiary/aromatic N) is 8. The zero-order valence-corrected chi connectivity index (χ0v) is 13.7. The lowest BCUT2D eigenvalue weighted by Gasteiger charge is -2.02. The summed E-state index contributed by atoms with van der Waals surface area (Å²) in [5.74, 6) is 0.576. The first kappa shape index (κ1) is 15.1. The van der Waals surface area contributed by atoms with E-state index in [4.69, 9.17) is 0 Å². The van der Waals surface area contributed by atoms with E-state index in [2.05, 4.69) is 30.4 Å². The van der Waals surface area contributed by atoms with E-state index in [9.17, 15) is 10.1 Å². The van der Waals surface area contributed by atoms with Crippen molar-refractivity contribution in [2.24, 2.45) is 0 Å². The summed E-state index contributed by atoms with van der Waals surface area (Å²) in [6, 6.07) is 7.64. The zero-order chi connectivity index (χ0) is 18.4. The van der Waals surface area contributed by atoms with Crippen LogP contribution in [0.15, 0.2) is 49.2 Å². The molecule has 11 nitrogen and oxygen atoms in total. The molecule has 0 radical (unpaired) electrons. The lowest BCUT2D eigenvalue weighted by molar-refractivity contribution is -0.385. The third-order valence-corrected chi connectivity index (χ3v) is 4.17. The highest BCUT2D eigenvalue weighted by Gasteiger charge is 2.12. The number of aromatic nitrogens is 8. The van der Waals surface area contributed by atoms with E-state index in [1.54, 1.807) is 17.0 Å². The first-order chi connectivity index (χ1) is 13.2. The van der Waals surface area contributed by atoms with E-state index in [1.165, 1.54) is 17.1 Å². The van der Waals surface area contributed by atoms with Gasteiger partial charge in [-0.25, -0.2) is 14.5 Å². The highest BCUT2D eigenvalue weighted by molar-refractivity contribution is 5.88. The molecule has 0 amide bonds. The number of aromatic amines is 1. The number of fused-ring (bicyclic) bond motifs is 3. The van der Waals surface area contributed by atoms with Crippen LogP contribution in [-0.2, 0) is 6.54 Å². The van der Waals surface area contributed by atoms with Gasteiger partial charge < -0.3 is 0 Å². The summed E-state index contributed by atoms with van der Waals surface area (Å²) in [5, 5.41) is 26.8. The van der Waals surface area contributed by atoms with Crippen LogP contribution in [-0.4, -0.2) is 44.5 Å². The summed E-state index contributed by atoms with van der Waals surface area (Å²) in [4.78, 5) is 19.1. The molecule has 0 fully saturated rings. The van der Waals surface area contributed by atoms with E-state index in [1.807, 2.05) is 24.3 Å². The summed E-state index contributed by atoms with van der Waals surface area (Å²) < 4.78 is 3.14. The maximum absolute atomic E-state index is 10.7. The second kappa shape index (κ2) is 5.69. The van der Waals surface area contributed by atoms with Crippen molar-refractivity contribution in [3.05, 3.63) is 64.9 Å². The normalized spacial score (nSPS) is 11.4. The summed E-state index contributed by atoms with van der Waals surface area (Å²) in [7, 11) is 0. The maximum Gasteiger partial charge on any atom is 0.307 e. The molecule has 0 spiro atoms. The fourth-order valence-electron chi connectivity index (χ4n) is 2.84. The Balaban J connectivity index is 1.44. The molecule has 0 aliphatic carbocycles. The van der Waals surface area contributed by atoms with Gasteiger partial charge in [0.05, 0.1) is 23.1 Å². The number of nitro groups is 1. The molecule has 1 N–H and O–H groups in total. The number of benzene rings is 1. The van der Waals surface area contributed by atoms with Crippen LogP contribution in [0.2, 0.25) is 0 Å². The fourth-order valence-corrected chi connectivity index (χ4v) is 2.84. The predicted octanol–water partition coefficient (Wildman–Crippen LogP) is 1.82. The third-order valence-electron chi connectivity index (χ3n) is 4.17. The minimum atomic E-state index is -0.465. The Bertz CT molecular complexity index is 1280. The quantitative estimate of drug-likeness (QED) is 0.381. The average Bonchev–Trinajstić information content (AvgIpc) is 3.40. The van der Waals surface area contributed by atoms with Crippen molar-refractivity contribution in [2.75, 3.05) is 0 Å². The molecular formula is C16H11N9O2. The van der Waals surface area contributed by atoms with E-state index in [0.717, 1.165) is 16.5 Å². The van der Waals surface area contributed by atoms with Gasteiger partial charge in [-0.15, -0.1) is 5.10 Å². The standard InChI is InChI=1S/C16H11N9O2/c26-25(27)12-5-19-23(8-12)7-10-1-3-11(4-2-10)14-20-16-13-6-18-21-15(13)17-9-24(16)22-14/h1-6,8-9H,7H2,(H,18,21). The molecule has 1 aromatic carbocycles. The molecule has 0 unspecified atom stereocenters. The zero-order valence-electron chi connectivity index (χ0n) is 13.7. The van der Waals surface area contributed by atoms with Gasteiger partial charge in [0.2, 0.25) is 0 Å². The van der Waals surface area contributed by atoms with Gasteiger partial charge >= 0.3 is 5.69 Å². The number of hydrogen-bond acceptors (Lipinski definition) is 7.